The summed E-state index contributed by atoms with van der Waals surface area (Å²) in [6.45, 7) is 9.12. The zero-order chi connectivity index (χ0) is 32.6. The van der Waals surface area contributed by atoms with E-state index < -0.39 is 5.82 Å². The fraction of sp³-hybridized carbons (Fsp3) is 0.343. The molecule has 0 unspecified atom stereocenters. The van der Waals surface area contributed by atoms with Gasteiger partial charge in [-0.05, 0) is 69.3 Å². The van der Waals surface area contributed by atoms with E-state index in [0.29, 0.717) is 30.1 Å². The highest BCUT2D eigenvalue weighted by atomic mass is 32.1. The number of thiazole rings is 1. The van der Waals surface area contributed by atoms with Crippen LogP contribution in [0.3, 0.4) is 0 Å². The summed E-state index contributed by atoms with van der Waals surface area (Å²) < 4.78 is 27.2. The van der Waals surface area contributed by atoms with Gasteiger partial charge in [0.05, 0.1) is 59.6 Å². The molecular weight excluding hydrogens is 603 g/mol. The number of ether oxygens (including phenoxy) is 2. The molecule has 1 aliphatic rings. The second-order valence-corrected chi connectivity index (χ2v) is 11.8. The van der Waals surface area contributed by atoms with Gasteiger partial charge in [0, 0.05) is 28.1 Å². The van der Waals surface area contributed by atoms with E-state index in [0.717, 1.165) is 59.1 Å². The minimum Gasteiger partial charge on any atom is -0.473 e. The van der Waals surface area contributed by atoms with Crippen LogP contribution in [-0.2, 0) is 24.4 Å². The molecule has 5 aromatic rings. The van der Waals surface area contributed by atoms with Crippen LogP contribution in [0.1, 0.15) is 76.2 Å². The number of carbonyl (C=O) groups excluding carboxylic acids is 1. The quantitative estimate of drug-likeness (QED) is 0.158. The zero-order valence-corrected chi connectivity index (χ0v) is 27.3. The number of aryl methyl sites for hydroxylation is 1. The molecule has 238 valence electrons. The van der Waals surface area contributed by atoms with Crippen LogP contribution in [0.15, 0.2) is 60.1 Å². The van der Waals surface area contributed by atoms with Crippen molar-refractivity contribution in [3.8, 4) is 11.9 Å². The molecular formula is C35H37FN6O3S. The van der Waals surface area contributed by atoms with E-state index in [9.17, 15) is 9.18 Å². The summed E-state index contributed by atoms with van der Waals surface area (Å²) in [6.07, 6.45) is 1.86. The van der Waals surface area contributed by atoms with E-state index in [1.165, 1.54) is 13.2 Å². The lowest BCUT2D eigenvalue weighted by Crippen LogP contribution is -2.33. The number of nitrogens with zero attached hydrogens (tertiary/aromatic N) is 6. The zero-order valence-electron chi connectivity index (χ0n) is 26.5. The predicted octanol–water partition coefficient (Wildman–Crippen LogP) is 7.03. The second-order valence-electron chi connectivity index (χ2n) is 10.8. The number of methoxy groups -OCH3 is 1. The van der Waals surface area contributed by atoms with Gasteiger partial charge in [0.25, 0.3) is 0 Å². The minimum atomic E-state index is -0.466. The first kappa shape index (κ1) is 32.7. The first-order chi connectivity index (χ1) is 22.4. The van der Waals surface area contributed by atoms with E-state index in [1.807, 2.05) is 56.6 Å². The molecule has 9 nitrogen and oxygen atoms in total. The van der Waals surface area contributed by atoms with Crippen LogP contribution >= 0.6 is 11.3 Å². The molecule has 1 saturated heterocycles. The van der Waals surface area contributed by atoms with E-state index in [1.54, 1.807) is 35.6 Å². The van der Waals surface area contributed by atoms with Gasteiger partial charge in [-0.2, -0.15) is 5.26 Å². The van der Waals surface area contributed by atoms with E-state index in [2.05, 4.69) is 14.5 Å². The van der Waals surface area contributed by atoms with E-state index in [-0.39, 0.29) is 24.1 Å². The number of fused-ring (bicyclic) bond motifs is 1. The number of carbonyl (C=O) groups is 1. The topological polar surface area (TPSA) is 106 Å². The van der Waals surface area contributed by atoms with Gasteiger partial charge < -0.3 is 14.0 Å². The molecule has 0 radical (unpaired) electrons. The fourth-order valence-electron chi connectivity index (χ4n) is 5.55. The summed E-state index contributed by atoms with van der Waals surface area (Å²) in [5.74, 6) is 0.834. The van der Waals surface area contributed by atoms with Crippen LogP contribution in [0, 0.1) is 24.1 Å². The van der Waals surface area contributed by atoms with Crippen LogP contribution in [0.5, 0.6) is 5.88 Å². The molecule has 3 aromatic heterocycles. The molecule has 0 spiro atoms. The van der Waals surface area contributed by atoms with Gasteiger partial charge in [-0.15, -0.1) is 11.3 Å². The standard InChI is InChI=1S/C33H31FN6O3S.C2H6/c1-21-30(44-20-36-21)17-40-29-15-24(33(41)42-2)8-9-28(29)37-31(40)18-39-12-10-23(11-13-39)27-4-3-5-32(38-27)43-19-25-7-6-22(16-35)14-26(25)34;1-2/h3-9,14-15,20,23H,10-13,17-19H2,1-2H3;1-2H3. The molecule has 4 heterocycles. The Hall–Kier alpha value is -4.66. The molecule has 1 aliphatic heterocycles. The van der Waals surface area contributed by atoms with Crippen molar-refractivity contribution in [2.45, 2.75) is 59.2 Å². The smallest absolute Gasteiger partial charge is 0.337 e. The SMILES string of the molecule is CC.COC(=O)c1ccc2nc(CN3CCC(c4cccc(OCc5ccc(C#N)cc5F)n4)CC3)n(Cc3scnc3C)c2c1. The van der Waals surface area contributed by atoms with Gasteiger partial charge >= 0.3 is 5.97 Å². The van der Waals surface area contributed by atoms with Gasteiger partial charge in [-0.3, -0.25) is 4.90 Å². The number of likely N-dealkylation sites (tertiary alicyclic amines) is 1. The van der Waals surface area contributed by atoms with Gasteiger partial charge in [0.2, 0.25) is 5.88 Å². The van der Waals surface area contributed by atoms with Crippen molar-refractivity contribution < 1.29 is 18.7 Å². The highest BCUT2D eigenvalue weighted by Crippen LogP contribution is 2.30. The number of esters is 1. The highest BCUT2D eigenvalue weighted by molar-refractivity contribution is 7.09. The average Bonchev–Trinajstić information content (AvgIpc) is 3.66. The number of aromatic nitrogens is 4. The second kappa shape index (κ2) is 15.1. The third-order valence-electron chi connectivity index (χ3n) is 8.07. The summed E-state index contributed by atoms with van der Waals surface area (Å²) in [5, 5.41) is 8.96. The normalized spacial score (nSPS) is 13.6. The molecule has 0 saturated carbocycles. The van der Waals surface area contributed by atoms with Crippen molar-refractivity contribution in [2.24, 2.45) is 0 Å². The van der Waals surface area contributed by atoms with Crippen LogP contribution in [-0.4, -0.2) is 50.6 Å². The number of hydrogen-bond donors (Lipinski definition) is 0. The largest absolute Gasteiger partial charge is 0.473 e. The lowest BCUT2D eigenvalue weighted by molar-refractivity contribution is 0.0601. The molecule has 0 aliphatic carbocycles. The van der Waals surface area contributed by atoms with Crippen molar-refractivity contribution in [3.63, 3.8) is 0 Å². The number of rotatable bonds is 9. The number of pyridine rings is 1. The maximum atomic E-state index is 14.3. The van der Waals surface area contributed by atoms with E-state index >= 15 is 0 Å². The molecule has 2 aromatic carbocycles. The number of nitriles is 1. The Morgan fingerprint density at radius 2 is 1.89 bits per heavy atom. The molecule has 0 atom stereocenters. The molecule has 1 fully saturated rings. The van der Waals surface area contributed by atoms with Gasteiger partial charge in [0.1, 0.15) is 18.2 Å². The molecule has 0 N–H and O–H groups in total. The van der Waals surface area contributed by atoms with Gasteiger partial charge in [-0.25, -0.2) is 24.1 Å². The Balaban J connectivity index is 0.00000204. The first-order valence-corrected chi connectivity index (χ1v) is 16.3. The van der Waals surface area contributed by atoms with Crippen molar-refractivity contribution in [1.82, 2.24) is 24.4 Å². The third kappa shape index (κ3) is 7.41. The number of hydrogen-bond acceptors (Lipinski definition) is 9. The van der Waals surface area contributed by atoms with Crippen molar-refractivity contribution in [1.29, 1.82) is 5.26 Å². The number of benzene rings is 2. The lowest BCUT2D eigenvalue weighted by Gasteiger charge is -2.31. The summed E-state index contributed by atoms with van der Waals surface area (Å²) in [6, 6.07) is 17.5. The third-order valence-corrected chi connectivity index (χ3v) is 8.99. The molecule has 6 rings (SSSR count). The Morgan fingerprint density at radius 3 is 2.59 bits per heavy atom. The highest BCUT2D eigenvalue weighted by Gasteiger charge is 2.24. The van der Waals surface area contributed by atoms with Crippen molar-refractivity contribution >= 4 is 28.3 Å². The molecule has 0 bridgehead atoms. The van der Waals surface area contributed by atoms with Crippen molar-refractivity contribution in [3.05, 3.63) is 105 Å². The van der Waals surface area contributed by atoms with Crippen LogP contribution in [0.2, 0.25) is 0 Å². The summed E-state index contributed by atoms with van der Waals surface area (Å²) >= 11 is 1.62. The fourth-order valence-corrected chi connectivity index (χ4v) is 6.31. The Bertz CT molecular complexity index is 1850. The Kier molecular flexibility index (Phi) is 10.7. The Labute approximate surface area is 272 Å². The molecule has 0 amide bonds. The monoisotopic (exact) mass is 640 g/mol. The maximum absolute atomic E-state index is 14.3. The first-order valence-electron chi connectivity index (χ1n) is 15.4. The predicted molar refractivity (Wildman–Crippen MR) is 175 cm³/mol. The average molecular weight is 641 g/mol. The van der Waals surface area contributed by atoms with Crippen LogP contribution in [0.4, 0.5) is 4.39 Å². The summed E-state index contributed by atoms with van der Waals surface area (Å²) in [7, 11) is 1.39. The van der Waals surface area contributed by atoms with Gasteiger partial charge in [0.15, 0.2) is 0 Å². The summed E-state index contributed by atoms with van der Waals surface area (Å²) in [4.78, 5) is 30.0. The molecule has 46 heavy (non-hydrogen) atoms. The summed E-state index contributed by atoms with van der Waals surface area (Å²) in [5.41, 5.74) is 6.70. The maximum Gasteiger partial charge on any atom is 0.337 e. The van der Waals surface area contributed by atoms with E-state index in [4.69, 9.17) is 24.7 Å². The minimum absolute atomic E-state index is 0.0373. The van der Waals surface area contributed by atoms with Crippen LogP contribution < -0.4 is 4.74 Å². The lowest BCUT2D eigenvalue weighted by atomic mass is 9.93. The van der Waals surface area contributed by atoms with Crippen LogP contribution in [0.25, 0.3) is 11.0 Å². The van der Waals surface area contributed by atoms with Gasteiger partial charge in [-0.1, -0.05) is 26.0 Å². The number of halogens is 1. The number of piperidine rings is 1. The Morgan fingerprint density at radius 1 is 1.09 bits per heavy atom. The van der Waals surface area contributed by atoms with Crippen molar-refractivity contribution in [2.75, 3.05) is 20.2 Å². The molecule has 11 heteroatoms. The number of imidazole rings is 1.